The molecule has 8 heteroatoms. The first-order chi connectivity index (χ1) is 21.5. The second-order valence-electron chi connectivity index (χ2n) is 12.4. The average molecular weight is 621 g/mol. The average Bonchev–Trinajstić information content (AvgIpc) is 3.38. The van der Waals surface area contributed by atoms with E-state index in [2.05, 4.69) is 17.2 Å². The molecular weight excluding hydrogens is 580 g/mol. The second kappa shape index (κ2) is 13.9. The molecule has 0 saturated heterocycles. The van der Waals surface area contributed by atoms with Gasteiger partial charge in [-0.25, -0.2) is 13.5 Å². The van der Waals surface area contributed by atoms with E-state index >= 15 is 0 Å². The fraction of sp³-hybridized carbons (Fsp3) is 0.297. The molecule has 1 aliphatic rings. The Bertz CT molecular complexity index is 1750. The first-order valence-corrected chi connectivity index (χ1v) is 16.2. The smallest absolute Gasteiger partial charge is 0.274 e. The molecule has 0 spiro atoms. The number of pyridine rings is 1. The SMILES string of the molecule is CN(C)CC#Cc1cccc(-c2nc(C(=O)Nc3ccc(-c4ccccc4)cc3)cc3c2[C@H](CCO)N(S(=O)C(C)(C)C)C3)c1. The molecular formula is C37H40N4O3S. The minimum atomic E-state index is -1.35. The molecule has 2 heterocycles. The standard InChI is InChI=1S/C37H40N4O3S/c1-37(2,3)45(44)41-25-30-24-32(36(43)38-31-18-16-28(17-19-31)27-13-7-6-8-14-27)39-35(34(30)33(41)20-22-42)29-15-9-11-26(23-29)12-10-21-40(4)5/h6-9,11,13-19,23-24,33,42H,20-22,25H2,1-5H3,(H,38,43)/t33-,45?/m0/s1. The van der Waals surface area contributed by atoms with E-state index in [1.165, 1.54) is 0 Å². The lowest BCUT2D eigenvalue weighted by molar-refractivity contribution is 0.102. The van der Waals surface area contributed by atoms with Crippen molar-refractivity contribution >= 4 is 22.6 Å². The Morgan fingerprint density at radius 3 is 2.36 bits per heavy atom. The van der Waals surface area contributed by atoms with Gasteiger partial charge in [0.05, 0.1) is 23.0 Å². The van der Waals surface area contributed by atoms with Crippen LogP contribution in [0, 0.1) is 11.8 Å². The summed E-state index contributed by atoms with van der Waals surface area (Å²) in [5.74, 6) is 6.08. The van der Waals surface area contributed by atoms with Gasteiger partial charge in [-0.3, -0.25) is 9.69 Å². The number of aliphatic hydroxyl groups excluding tert-OH is 1. The molecule has 2 atom stereocenters. The first-order valence-electron chi connectivity index (χ1n) is 15.1. The summed E-state index contributed by atoms with van der Waals surface area (Å²) in [5.41, 5.74) is 7.15. The minimum absolute atomic E-state index is 0.0708. The molecule has 7 nitrogen and oxygen atoms in total. The van der Waals surface area contributed by atoms with Gasteiger partial charge in [-0.1, -0.05) is 66.4 Å². The molecule has 4 aromatic rings. The Kier molecular flexibility index (Phi) is 9.96. The molecule has 232 valence electrons. The molecule has 45 heavy (non-hydrogen) atoms. The number of hydrogen-bond donors (Lipinski definition) is 2. The summed E-state index contributed by atoms with van der Waals surface area (Å²) < 4.78 is 15.1. The second-order valence-corrected chi connectivity index (χ2v) is 14.6. The Morgan fingerprint density at radius 1 is 1.00 bits per heavy atom. The molecule has 5 rings (SSSR count). The predicted molar refractivity (Wildman–Crippen MR) is 183 cm³/mol. The van der Waals surface area contributed by atoms with Gasteiger partial charge >= 0.3 is 0 Å². The van der Waals surface area contributed by atoms with Crippen molar-refractivity contribution in [1.29, 1.82) is 0 Å². The molecule has 1 unspecified atom stereocenters. The Labute approximate surface area is 268 Å². The van der Waals surface area contributed by atoms with Crippen molar-refractivity contribution < 1.29 is 14.1 Å². The van der Waals surface area contributed by atoms with Crippen LogP contribution in [-0.2, 0) is 17.5 Å². The van der Waals surface area contributed by atoms with Crippen LogP contribution < -0.4 is 5.32 Å². The number of aromatic nitrogens is 1. The fourth-order valence-corrected chi connectivity index (χ4v) is 6.82. The molecule has 0 saturated carbocycles. The van der Waals surface area contributed by atoms with E-state index in [9.17, 15) is 14.1 Å². The number of anilines is 1. The highest BCUT2D eigenvalue weighted by Crippen LogP contribution is 2.44. The van der Waals surface area contributed by atoms with E-state index < -0.39 is 15.7 Å². The molecule has 1 aliphatic heterocycles. The summed E-state index contributed by atoms with van der Waals surface area (Å²) in [6.45, 7) is 6.77. The molecule has 0 aliphatic carbocycles. The number of amides is 1. The lowest BCUT2D eigenvalue weighted by atomic mass is 9.95. The van der Waals surface area contributed by atoms with Crippen LogP contribution in [0.25, 0.3) is 22.4 Å². The third-order valence-electron chi connectivity index (χ3n) is 7.54. The van der Waals surface area contributed by atoms with Crippen molar-refractivity contribution in [3.63, 3.8) is 0 Å². The summed E-state index contributed by atoms with van der Waals surface area (Å²) in [5, 5.41) is 13.1. The number of nitrogens with one attached hydrogen (secondary N) is 1. The van der Waals surface area contributed by atoms with Gasteiger partial charge in [0.15, 0.2) is 0 Å². The molecule has 0 bridgehead atoms. The normalized spacial score (nSPS) is 15.3. The van der Waals surface area contributed by atoms with Gasteiger partial charge in [0, 0.05) is 35.5 Å². The third-order valence-corrected chi connectivity index (χ3v) is 9.39. The van der Waals surface area contributed by atoms with Crippen molar-refractivity contribution in [2.75, 3.05) is 32.6 Å². The van der Waals surface area contributed by atoms with Crippen LogP contribution in [0.4, 0.5) is 5.69 Å². The number of rotatable bonds is 8. The van der Waals surface area contributed by atoms with E-state index in [4.69, 9.17) is 4.98 Å². The maximum atomic E-state index is 13.7. The maximum absolute atomic E-state index is 13.7. The highest BCUT2D eigenvalue weighted by Gasteiger charge is 2.40. The van der Waals surface area contributed by atoms with Gasteiger partial charge in [-0.2, -0.15) is 0 Å². The van der Waals surface area contributed by atoms with Crippen molar-refractivity contribution in [1.82, 2.24) is 14.2 Å². The van der Waals surface area contributed by atoms with E-state index in [0.717, 1.165) is 33.4 Å². The topological polar surface area (TPSA) is 85.8 Å². The Morgan fingerprint density at radius 2 is 1.69 bits per heavy atom. The van der Waals surface area contributed by atoms with Gasteiger partial charge < -0.3 is 10.4 Å². The third kappa shape index (κ3) is 7.58. The number of aliphatic hydroxyl groups is 1. The van der Waals surface area contributed by atoms with Crippen LogP contribution in [0.15, 0.2) is 84.9 Å². The zero-order valence-corrected chi connectivity index (χ0v) is 27.3. The van der Waals surface area contributed by atoms with Gasteiger partial charge in [0.2, 0.25) is 0 Å². The zero-order chi connectivity index (χ0) is 32.1. The number of benzene rings is 3. The lowest BCUT2D eigenvalue weighted by Crippen LogP contribution is -2.36. The Hall–Kier alpha value is -4.13. The summed E-state index contributed by atoms with van der Waals surface area (Å²) in [6, 6.07) is 27.1. The van der Waals surface area contributed by atoms with Crippen LogP contribution in [0.1, 0.15) is 60.4 Å². The van der Waals surface area contributed by atoms with E-state index in [1.54, 1.807) is 6.07 Å². The van der Waals surface area contributed by atoms with E-state index in [0.29, 0.717) is 30.9 Å². The monoisotopic (exact) mass is 620 g/mol. The van der Waals surface area contributed by atoms with Crippen molar-refractivity contribution in [3.05, 3.63) is 107 Å². The first kappa shape index (κ1) is 32.3. The highest BCUT2D eigenvalue weighted by molar-refractivity contribution is 7.84. The lowest BCUT2D eigenvalue weighted by Gasteiger charge is -2.30. The Balaban J connectivity index is 1.55. The van der Waals surface area contributed by atoms with Crippen LogP contribution >= 0.6 is 0 Å². The van der Waals surface area contributed by atoms with Crippen LogP contribution in [0.5, 0.6) is 0 Å². The van der Waals surface area contributed by atoms with Gasteiger partial charge in [-0.15, -0.1) is 0 Å². The number of fused-ring (bicyclic) bond motifs is 1. The predicted octanol–water partition coefficient (Wildman–Crippen LogP) is 6.28. The zero-order valence-electron chi connectivity index (χ0n) is 26.5. The number of nitrogens with zero attached hydrogens (tertiary/aromatic N) is 3. The summed E-state index contributed by atoms with van der Waals surface area (Å²) in [4.78, 5) is 20.6. The summed E-state index contributed by atoms with van der Waals surface area (Å²) in [6.07, 6.45) is 0.394. The summed E-state index contributed by atoms with van der Waals surface area (Å²) >= 11 is 0. The quantitative estimate of drug-likeness (QED) is 0.227. The van der Waals surface area contributed by atoms with Gasteiger partial charge in [0.25, 0.3) is 5.91 Å². The number of carbonyl (C=O) groups is 1. The molecule has 2 N–H and O–H groups in total. The van der Waals surface area contributed by atoms with Crippen molar-refractivity contribution in [3.8, 4) is 34.2 Å². The number of carbonyl (C=O) groups excluding carboxylic acids is 1. The van der Waals surface area contributed by atoms with Crippen LogP contribution in [0.3, 0.4) is 0 Å². The number of hydrogen-bond acceptors (Lipinski definition) is 5. The molecule has 1 aromatic heterocycles. The minimum Gasteiger partial charge on any atom is -0.396 e. The maximum Gasteiger partial charge on any atom is 0.274 e. The van der Waals surface area contributed by atoms with Gasteiger partial charge in [-0.05, 0) is 88.3 Å². The van der Waals surface area contributed by atoms with Gasteiger partial charge in [0.1, 0.15) is 16.7 Å². The van der Waals surface area contributed by atoms with E-state index in [1.807, 2.05) is 123 Å². The molecule has 3 aromatic carbocycles. The van der Waals surface area contributed by atoms with Crippen LogP contribution in [-0.4, -0.2) is 61.4 Å². The van der Waals surface area contributed by atoms with Crippen molar-refractivity contribution in [2.45, 2.75) is 44.5 Å². The molecule has 0 radical (unpaired) electrons. The molecule has 1 amide bonds. The largest absolute Gasteiger partial charge is 0.396 e. The fourth-order valence-electron chi connectivity index (χ4n) is 5.42. The van der Waals surface area contributed by atoms with Crippen LogP contribution in [0.2, 0.25) is 0 Å². The molecule has 0 fully saturated rings. The van der Waals surface area contributed by atoms with E-state index in [-0.39, 0.29) is 24.2 Å². The summed E-state index contributed by atoms with van der Waals surface area (Å²) in [7, 11) is 2.60. The van der Waals surface area contributed by atoms with Crippen molar-refractivity contribution in [2.24, 2.45) is 0 Å². The highest BCUT2D eigenvalue weighted by atomic mass is 32.2.